The molecular formula is C23H17Cl2N7O4. The molecular weight excluding hydrogens is 509 g/mol. The fourth-order valence-corrected chi connectivity index (χ4v) is 4.63. The van der Waals surface area contributed by atoms with E-state index in [0.717, 1.165) is 16.8 Å². The first-order valence-corrected chi connectivity index (χ1v) is 11.0. The number of aromatic nitrogens is 7. The number of carboxylic acids is 1. The zero-order chi connectivity index (χ0) is 24.1. The van der Waals surface area contributed by atoms with Crippen molar-refractivity contribution in [3.05, 3.63) is 87.8 Å². The van der Waals surface area contributed by atoms with Gasteiger partial charge >= 0.3 is 5.97 Å². The third-order valence-corrected chi connectivity index (χ3v) is 6.27. The van der Waals surface area contributed by atoms with E-state index >= 15 is 0 Å². The van der Waals surface area contributed by atoms with Crippen LogP contribution in [0.15, 0.2) is 64.4 Å². The van der Waals surface area contributed by atoms with Gasteiger partial charge in [0, 0.05) is 34.0 Å². The number of aromatic carboxylic acids is 1. The van der Waals surface area contributed by atoms with Gasteiger partial charge in [-0.05, 0) is 53.1 Å². The van der Waals surface area contributed by atoms with Gasteiger partial charge in [0.25, 0.3) is 5.56 Å². The lowest BCUT2D eigenvalue weighted by Gasteiger charge is -2.15. The van der Waals surface area contributed by atoms with Crippen LogP contribution in [0.4, 0.5) is 0 Å². The van der Waals surface area contributed by atoms with Gasteiger partial charge < -0.3 is 19.1 Å². The van der Waals surface area contributed by atoms with Gasteiger partial charge in [0.15, 0.2) is 0 Å². The first kappa shape index (κ1) is 23.5. The molecule has 5 heterocycles. The number of aryl methyl sites for hydroxylation is 1. The number of pyridine rings is 1. The molecule has 182 valence electrons. The molecule has 5 aromatic rings. The summed E-state index contributed by atoms with van der Waals surface area (Å²) in [6, 6.07) is 10.0. The van der Waals surface area contributed by atoms with Crippen molar-refractivity contribution >= 4 is 30.0 Å². The minimum Gasteiger partial charge on any atom is -0.475 e. The molecule has 36 heavy (non-hydrogen) atoms. The number of aromatic amines is 1. The highest BCUT2D eigenvalue weighted by Gasteiger charge is 2.28. The number of hydrogen-bond donors (Lipinski definition) is 2. The van der Waals surface area contributed by atoms with E-state index < -0.39 is 5.97 Å². The lowest BCUT2D eigenvalue weighted by atomic mass is 10.0. The first-order valence-electron chi connectivity index (χ1n) is 10.6. The predicted molar refractivity (Wildman–Crippen MR) is 131 cm³/mol. The van der Waals surface area contributed by atoms with Crippen LogP contribution in [0.5, 0.6) is 0 Å². The van der Waals surface area contributed by atoms with Gasteiger partial charge in [0.1, 0.15) is 18.4 Å². The average molecular weight is 526 g/mol. The van der Waals surface area contributed by atoms with Crippen LogP contribution in [-0.4, -0.2) is 45.8 Å². The molecule has 0 fully saturated rings. The molecule has 0 bridgehead atoms. The number of H-pyrrole nitrogens is 1. The van der Waals surface area contributed by atoms with Crippen LogP contribution in [0.25, 0.3) is 28.1 Å². The number of hydrogen-bond acceptors (Lipinski definition) is 7. The van der Waals surface area contributed by atoms with Crippen molar-refractivity contribution in [2.75, 3.05) is 0 Å². The van der Waals surface area contributed by atoms with Crippen LogP contribution in [0, 0.1) is 0 Å². The van der Waals surface area contributed by atoms with Crippen molar-refractivity contribution in [3.8, 4) is 28.1 Å². The number of carboxylic acid groups (broad SMARTS) is 1. The number of imidazole rings is 1. The summed E-state index contributed by atoms with van der Waals surface area (Å²) < 4.78 is 8.32. The smallest absolute Gasteiger partial charge is 0.371 e. The van der Waals surface area contributed by atoms with Crippen molar-refractivity contribution < 1.29 is 14.3 Å². The summed E-state index contributed by atoms with van der Waals surface area (Å²) in [6.45, 7) is 0. The zero-order valence-corrected chi connectivity index (χ0v) is 19.9. The van der Waals surface area contributed by atoms with E-state index in [1.807, 2.05) is 6.07 Å². The average Bonchev–Trinajstić information content (AvgIpc) is 3.64. The molecule has 13 heteroatoms. The third kappa shape index (κ3) is 3.97. The van der Waals surface area contributed by atoms with E-state index in [2.05, 4.69) is 25.5 Å². The fraction of sp³-hybridized carbons (Fsp3) is 0.130. The van der Waals surface area contributed by atoms with E-state index in [0.29, 0.717) is 40.6 Å². The second-order valence-electron chi connectivity index (χ2n) is 8.10. The second kappa shape index (κ2) is 9.10. The minimum absolute atomic E-state index is 0. The number of nitrogens with one attached hydrogen (secondary N) is 1. The molecule has 1 atom stereocenters. The quantitative estimate of drug-likeness (QED) is 0.352. The highest BCUT2D eigenvalue weighted by molar-refractivity contribution is 6.31. The summed E-state index contributed by atoms with van der Waals surface area (Å²) in [4.78, 5) is 32.1. The van der Waals surface area contributed by atoms with Crippen LogP contribution in [-0.2, 0) is 6.42 Å². The van der Waals surface area contributed by atoms with Crippen LogP contribution >= 0.6 is 24.0 Å². The molecule has 1 aliphatic rings. The molecule has 6 rings (SSSR count). The van der Waals surface area contributed by atoms with E-state index in [1.165, 1.54) is 23.3 Å². The topological polar surface area (TPSA) is 145 Å². The molecule has 11 nitrogen and oxygen atoms in total. The van der Waals surface area contributed by atoms with Gasteiger partial charge in [-0.1, -0.05) is 11.6 Å². The molecule has 0 aliphatic carbocycles. The summed E-state index contributed by atoms with van der Waals surface area (Å²) in [7, 11) is 0. The second-order valence-corrected chi connectivity index (χ2v) is 8.54. The number of halogens is 2. The largest absolute Gasteiger partial charge is 0.475 e. The number of furan rings is 1. The summed E-state index contributed by atoms with van der Waals surface area (Å²) in [5.41, 5.74) is 4.04. The lowest BCUT2D eigenvalue weighted by Crippen LogP contribution is -2.23. The van der Waals surface area contributed by atoms with Gasteiger partial charge in [0.05, 0.1) is 23.6 Å². The normalized spacial score (nSPS) is 14.4. The highest BCUT2D eigenvalue weighted by Crippen LogP contribution is 2.34. The Morgan fingerprint density at radius 3 is 2.81 bits per heavy atom. The number of benzene rings is 1. The van der Waals surface area contributed by atoms with Crippen molar-refractivity contribution in [3.63, 3.8) is 0 Å². The maximum atomic E-state index is 13.3. The standard InChI is InChI=1S/C23H16ClN7O4.ClH/c24-14-1-3-18(30-11-26-28-29-30)16(8-14)12-5-15-2-4-19(31(15)21(32)7-12)22-25-9-17(27-22)13-6-20(23(33)34)35-10-13;/h1,3,5-11,19H,2,4H2,(H,25,27)(H,33,34);1H/t19-;/m0./s1. The minimum atomic E-state index is -1.15. The van der Waals surface area contributed by atoms with Crippen LogP contribution < -0.4 is 5.56 Å². The van der Waals surface area contributed by atoms with Crippen molar-refractivity contribution in [2.24, 2.45) is 0 Å². The molecule has 0 spiro atoms. The molecule has 0 radical (unpaired) electrons. The highest BCUT2D eigenvalue weighted by atomic mass is 35.5. The maximum absolute atomic E-state index is 13.3. The lowest BCUT2D eigenvalue weighted by molar-refractivity contribution is 0.0662. The van der Waals surface area contributed by atoms with Crippen molar-refractivity contribution in [1.82, 2.24) is 34.7 Å². The monoisotopic (exact) mass is 525 g/mol. The van der Waals surface area contributed by atoms with Gasteiger partial charge in [0.2, 0.25) is 5.76 Å². The van der Waals surface area contributed by atoms with Gasteiger partial charge in [-0.3, -0.25) is 4.79 Å². The van der Waals surface area contributed by atoms with Gasteiger partial charge in [-0.2, -0.15) is 4.68 Å². The molecule has 4 aromatic heterocycles. The third-order valence-electron chi connectivity index (χ3n) is 6.03. The van der Waals surface area contributed by atoms with E-state index in [1.54, 1.807) is 35.0 Å². The fourth-order valence-electron chi connectivity index (χ4n) is 4.46. The molecule has 0 saturated carbocycles. The SMILES string of the molecule is Cl.O=C(O)c1cc(-c2cnc([C@@H]3CCc4cc(-c5cc(Cl)ccc5-n5cnnn5)cc(=O)n43)[nH]2)co1. The van der Waals surface area contributed by atoms with Crippen molar-refractivity contribution in [1.29, 1.82) is 0 Å². The summed E-state index contributed by atoms with van der Waals surface area (Å²) >= 11 is 6.26. The van der Waals surface area contributed by atoms with E-state index in [-0.39, 0.29) is 29.8 Å². The Morgan fingerprint density at radius 1 is 1.19 bits per heavy atom. The molecule has 1 aromatic carbocycles. The maximum Gasteiger partial charge on any atom is 0.371 e. The van der Waals surface area contributed by atoms with Gasteiger partial charge in [-0.25, -0.2) is 9.78 Å². The Labute approximate surface area is 213 Å². The van der Waals surface area contributed by atoms with E-state index in [4.69, 9.17) is 21.1 Å². The number of carbonyl (C=O) groups is 1. The van der Waals surface area contributed by atoms with Gasteiger partial charge in [-0.15, -0.1) is 17.5 Å². The van der Waals surface area contributed by atoms with Crippen LogP contribution in [0.2, 0.25) is 5.02 Å². The Morgan fingerprint density at radius 2 is 2.06 bits per heavy atom. The number of tetrazole rings is 1. The summed E-state index contributed by atoms with van der Waals surface area (Å²) in [6.07, 6.45) is 5.81. The first-order chi connectivity index (χ1) is 17.0. The van der Waals surface area contributed by atoms with Crippen LogP contribution in [0.3, 0.4) is 0 Å². The zero-order valence-electron chi connectivity index (χ0n) is 18.3. The molecule has 0 saturated heterocycles. The number of rotatable bonds is 5. The summed E-state index contributed by atoms with van der Waals surface area (Å²) in [5, 5.41) is 21.0. The molecule has 0 unspecified atom stereocenters. The van der Waals surface area contributed by atoms with E-state index in [9.17, 15) is 9.59 Å². The summed E-state index contributed by atoms with van der Waals surface area (Å²) in [5.74, 6) is -0.692. The van der Waals surface area contributed by atoms with Crippen LogP contribution in [0.1, 0.15) is 34.5 Å². The Balaban J connectivity index is 0.00000267. The molecule has 0 amide bonds. The predicted octanol–water partition coefficient (Wildman–Crippen LogP) is 3.78. The number of fused-ring (bicyclic) bond motifs is 1. The molecule has 1 aliphatic heterocycles. The Bertz CT molecular complexity index is 1640. The Hall–Kier alpha value is -4.22. The van der Waals surface area contributed by atoms with Crippen molar-refractivity contribution in [2.45, 2.75) is 18.9 Å². The Kier molecular flexibility index (Phi) is 5.94. The molecule has 2 N–H and O–H groups in total. The number of nitrogens with zero attached hydrogens (tertiary/aromatic N) is 6.